The first-order valence-electron chi connectivity index (χ1n) is 8.35. The molecule has 2 aliphatic rings. The van der Waals surface area contributed by atoms with E-state index in [1.807, 2.05) is 0 Å². The normalized spacial score (nSPS) is 22.7. The van der Waals surface area contributed by atoms with Crippen LogP contribution in [-0.2, 0) is 4.79 Å². The van der Waals surface area contributed by atoms with Gasteiger partial charge in [0.2, 0.25) is 0 Å². The number of nitrogens with zero attached hydrogens (tertiary/aromatic N) is 2. The molecule has 1 amide bonds. The van der Waals surface area contributed by atoms with E-state index in [-0.39, 0.29) is 42.0 Å². The Morgan fingerprint density at radius 3 is 2.64 bits per heavy atom. The number of likely N-dealkylation sites (tertiary alicyclic amines) is 1. The second-order valence-corrected chi connectivity index (χ2v) is 6.53. The molecule has 8 nitrogen and oxygen atoms in total. The zero-order valence-corrected chi connectivity index (χ0v) is 13.9. The molecule has 8 heteroatoms. The number of hydrogen-bond donors (Lipinski definition) is 1. The van der Waals surface area contributed by atoms with Gasteiger partial charge in [0.15, 0.2) is 5.75 Å². The van der Waals surface area contributed by atoms with Crippen molar-refractivity contribution in [2.45, 2.75) is 19.8 Å². The molecule has 1 aromatic rings. The summed E-state index contributed by atoms with van der Waals surface area (Å²) < 4.78 is 5.22. The summed E-state index contributed by atoms with van der Waals surface area (Å²) in [5.41, 5.74) is -0.0869. The van der Waals surface area contributed by atoms with Crippen LogP contribution in [0.4, 0.5) is 5.69 Å². The highest BCUT2D eigenvalue weighted by atomic mass is 16.6. The summed E-state index contributed by atoms with van der Waals surface area (Å²) in [5, 5.41) is 20.6. The minimum atomic E-state index is -0.884. The molecule has 1 aliphatic carbocycles. The Morgan fingerprint density at radius 2 is 2.08 bits per heavy atom. The molecule has 1 aliphatic heterocycles. The summed E-state index contributed by atoms with van der Waals surface area (Å²) in [4.78, 5) is 36.3. The fourth-order valence-electron chi connectivity index (χ4n) is 3.51. The number of benzene rings is 1. The highest BCUT2D eigenvalue weighted by Gasteiger charge is 2.47. The number of carbonyl (C=O) groups excluding carboxylic acids is 1. The highest BCUT2D eigenvalue weighted by Crippen LogP contribution is 2.44. The zero-order valence-electron chi connectivity index (χ0n) is 13.9. The molecular formula is C17H20N2O6. The number of hydrogen-bond acceptors (Lipinski definition) is 5. The number of carboxylic acids is 1. The van der Waals surface area contributed by atoms with E-state index in [1.165, 1.54) is 23.1 Å². The Bertz CT molecular complexity index is 715. The largest absolute Gasteiger partial charge is 0.487 e. The Hall–Kier alpha value is -2.64. The Labute approximate surface area is 144 Å². The maximum atomic E-state index is 12.7. The molecule has 1 heterocycles. The number of rotatable bonds is 6. The van der Waals surface area contributed by atoms with Gasteiger partial charge in [0.25, 0.3) is 5.91 Å². The molecule has 1 N–H and O–H groups in total. The molecule has 0 aromatic heterocycles. The second-order valence-electron chi connectivity index (χ2n) is 6.53. The average Bonchev–Trinajstić information content (AvgIpc) is 3.32. The average molecular weight is 348 g/mol. The monoisotopic (exact) mass is 348 g/mol. The van der Waals surface area contributed by atoms with E-state index in [2.05, 4.69) is 0 Å². The van der Waals surface area contributed by atoms with E-state index in [0.717, 1.165) is 12.8 Å². The van der Waals surface area contributed by atoms with Gasteiger partial charge < -0.3 is 14.7 Å². The minimum Gasteiger partial charge on any atom is -0.487 e. The molecule has 0 unspecified atom stereocenters. The zero-order chi connectivity index (χ0) is 18.1. The van der Waals surface area contributed by atoms with Crippen LogP contribution >= 0.6 is 0 Å². The minimum absolute atomic E-state index is 0.0286. The first-order valence-corrected chi connectivity index (χ1v) is 8.35. The smallest absolute Gasteiger partial charge is 0.311 e. The van der Waals surface area contributed by atoms with Crippen molar-refractivity contribution in [3.05, 3.63) is 33.9 Å². The van der Waals surface area contributed by atoms with Crippen molar-refractivity contribution < 1.29 is 24.4 Å². The molecule has 0 bridgehead atoms. The number of carbonyl (C=O) groups is 2. The molecular weight excluding hydrogens is 328 g/mol. The van der Waals surface area contributed by atoms with Gasteiger partial charge in [0, 0.05) is 24.7 Å². The van der Waals surface area contributed by atoms with Gasteiger partial charge in [-0.3, -0.25) is 19.7 Å². The lowest BCUT2D eigenvalue weighted by atomic mass is 9.92. The molecule has 1 saturated carbocycles. The van der Waals surface area contributed by atoms with Crippen molar-refractivity contribution in [1.82, 2.24) is 4.90 Å². The first-order chi connectivity index (χ1) is 11.9. The van der Waals surface area contributed by atoms with Crippen LogP contribution in [0.3, 0.4) is 0 Å². The van der Waals surface area contributed by atoms with Crippen LogP contribution in [0, 0.1) is 27.9 Å². The van der Waals surface area contributed by atoms with Gasteiger partial charge in [0.05, 0.1) is 17.4 Å². The predicted octanol–water partition coefficient (Wildman–Crippen LogP) is 2.18. The molecule has 134 valence electrons. The lowest BCUT2D eigenvalue weighted by Crippen LogP contribution is -2.30. The van der Waals surface area contributed by atoms with E-state index in [1.54, 1.807) is 6.92 Å². The van der Waals surface area contributed by atoms with Gasteiger partial charge in [-0.2, -0.15) is 0 Å². The molecule has 2 atom stereocenters. The Kier molecular flexibility index (Phi) is 4.61. The predicted molar refractivity (Wildman–Crippen MR) is 87.5 cm³/mol. The van der Waals surface area contributed by atoms with E-state index in [9.17, 15) is 24.8 Å². The fourth-order valence-corrected chi connectivity index (χ4v) is 3.51. The number of aliphatic carboxylic acids is 1. The molecule has 25 heavy (non-hydrogen) atoms. The highest BCUT2D eigenvalue weighted by molar-refractivity contribution is 5.95. The third-order valence-electron chi connectivity index (χ3n) is 4.90. The number of carboxylic acid groups (broad SMARTS) is 1. The lowest BCUT2D eigenvalue weighted by Gasteiger charge is -2.16. The molecule has 2 fully saturated rings. The lowest BCUT2D eigenvalue weighted by molar-refractivity contribution is -0.385. The van der Waals surface area contributed by atoms with Crippen LogP contribution < -0.4 is 4.74 Å². The fraction of sp³-hybridized carbons (Fsp3) is 0.529. The molecule has 0 radical (unpaired) electrons. The van der Waals surface area contributed by atoms with Crippen molar-refractivity contribution in [2.75, 3.05) is 19.7 Å². The third-order valence-corrected chi connectivity index (χ3v) is 4.90. The van der Waals surface area contributed by atoms with Gasteiger partial charge in [-0.15, -0.1) is 0 Å². The van der Waals surface area contributed by atoms with Crippen molar-refractivity contribution in [1.29, 1.82) is 0 Å². The second kappa shape index (κ2) is 6.70. The van der Waals surface area contributed by atoms with Crippen LogP contribution in [-0.4, -0.2) is 46.5 Å². The van der Waals surface area contributed by atoms with Crippen LogP contribution in [0.1, 0.15) is 30.1 Å². The Morgan fingerprint density at radius 1 is 1.36 bits per heavy atom. The van der Waals surface area contributed by atoms with E-state index < -0.39 is 16.8 Å². The summed E-state index contributed by atoms with van der Waals surface area (Å²) >= 11 is 0. The molecule has 3 rings (SSSR count). The van der Waals surface area contributed by atoms with Gasteiger partial charge in [-0.05, 0) is 43.7 Å². The SMILES string of the molecule is CCOc1ccc(C(=O)N2C[C@H](C(=O)O)[C@@H](C3CC3)C2)cc1[N+](=O)[O-]. The van der Waals surface area contributed by atoms with Crippen LogP contribution in [0.5, 0.6) is 5.75 Å². The van der Waals surface area contributed by atoms with Crippen molar-refractivity contribution in [3.8, 4) is 5.75 Å². The van der Waals surface area contributed by atoms with E-state index in [4.69, 9.17) is 4.74 Å². The number of ether oxygens (including phenoxy) is 1. The molecule has 0 spiro atoms. The van der Waals surface area contributed by atoms with Gasteiger partial charge >= 0.3 is 11.7 Å². The first kappa shape index (κ1) is 17.2. The standard InChI is InChI=1S/C17H20N2O6/c1-2-25-15-6-5-11(7-14(15)19(23)24)16(20)18-8-12(10-3-4-10)13(9-18)17(21)22/h5-7,10,12-13H,2-4,8-9H2,1H3,(H,21,22)/t12-,13+/m1/s1. The topological polar surface area (TPSA) is 110 Å². The summed E-state index contributed by atoms with van der Waals surface area (Å²) in [6.07, 6.45) is 2.01. The van der Waals surface area contributed by atoms with Crippen molar-refractivity contribution in [3.63, 3.8) is 0 Å². The van der Waals surface area contributed by atoms with Crippen LogP contribution in [0.15, 0.2) is 18.2 Å². The summed E-state index contributed by atoms with van der Waals surface area (Å²) in [6.45, 7) is 2.54. The van der Waals surface area contributed by atoms with Gasteiger partial charge in [0.1, 0.15) is 0 Å². The van der Waals surface area contributed by atoms with Gasteiger partial charge in [-0.1, -0.05) is 0 Å². The molecule has 1 aromatic carbocycles. The molecule has 1 saturated heterocycles. The van der Waals surface area contributed by atoms with Crippen LogP contribution in [0.25, 0.3) is 0 Å². The quantitative estimate of drug-likeness (QED) is 0.623. The number of amides is 1. The van der Waals surface area contributed by atoms with E-state index >= 15 is 0 Å². The van der Waals surface area contributed by atoms with E-state index in [0.29, 0.717) is 12.5 Å². The number of nitro benzene ring substituents is 1. The maximum absolute atomic E-state index is 12.7. The Balaban J connectivity index is 1.82. The van der Waals surface area contributed by atoms with Crippen LogP contribution in [0.2, 0.25) is 0 Å². The van der Waals surface area contributed by atoms with Gasteiger partial charge in [-0.25, -0.2) is 0 Å². The summed E-state index contributed by atoms with van der Waals surface area (Å²) in [5.74, 6) is -1.36. The maximum Gasteiger partial charge on any atom is 0.311 e. The summed E-state index contributed by atoms with van der Waals surface area (Å²) in [7, 11) is 0. The van der Waals surface area contributed by atoms with Crippen molar-refractivity contribution in [2.24, 2.45) is 17.8 Å². The summed E-state index contributed by atoms with van der Waals surface area (Å²) in [6, 6.07) is 4.10. The third kappa shape index (κ3) is 3.42. The number of nitro groups is 1. The van der Waals surface area contributed by atoms with Crippen molar-refractivity contribution >= 4 is 17.6 Å².